The number of para-hydroxylation sites is 1. The maximum absolute atomic E-state index is 13.6. The predicted molar refractivity (Wildman–Crippen MR) is 125 cm³/mol. The Kier molecular flexibility index (Phi) is 7.59. The molecule has 0 unspecified atom stereocenters. The Hall–Kier alpha value is -3.73. The summed E-state index contributed by atoms with van der Waals surface area (Å²) < 4.78 is 78.1. The van der Waals surface area contributed by atoms with Crippen LogP contribution in [0.1, 0.15) is 11.1 Å². The van der Waals surface area contributed by atoms with Crippen LogP contribution in [-0.4, -0.2) is 35.1 Å². The monoisotopic (exact) mass is 508 g/mol. The summed E-state index contributed by atoms with van der Waals surface area (Å²) in [5.74, 6) is -0.378. The van der Waals surface area contributed by atoms with Crippen LogP contribution in [-0.2, 0) is 21.0 Å². The number of nitrogens with zero attached hydrogens (tertiary/aromatic N) is 1. The Morgan fingerprint density at radius 2 is 1.63 bits per heavy atom. The zero-order chi connectivity index (χ0) is 25.8. The zero-order valence-corrected chi connectivity index (χ0v) is 19.9. The molecule has 0 bridgehead atoms. The van der Waals surface area contributed by atoms with E-state index in [4.69, 9.17) is 9.47 Å². The van der Waals surface area contributed by atoms with E-state index >= 15 is 0 Å². The van der Waals surface area contributed by atoms with Gasteiger partial charge in [0.1, 0.15) is 6.54 Å². The largest absolute Gasteiger partial charge is 0.493 e. The number of nitrogens with one attached hydrogen (secondary N) is 1. The van der Waals surface area contributed by atoms with Crippen LogP contribution in [0.5, 0.6) is 11.5 Å². The van der Waals surface area contributed by atoms with Crippen LogP contribution in [0.15, 0.2) is 71.6 Å². The molecule has 0 aliphatic heterocycles. The lowest BCUT2D eigenvalue weighted by Crippen LogP contribution is -2.38. The van der Waals surface area contributed by atoms with E-state index in [0.717, 1.165) is 17.7 Å². The number of carbonyl (C=O) groups is 1. The third-order valence-electron chi connectivity index (χ3n) is 5.11. The van der Waals surface area contributed by atoms with Crippen molar-refractivity contribution >= 4 is 27.3 Å². The van der Waals surface area contributed by atoms with E-state index in [1.54, 1.807) is 31.2 Å². The van der Waals surface area contributed by atoms with Gasteiger partial charge in [0.15, 0.2) is 11.5 Å². The number of hydrogen-bond donors (Lipinski definition) is 1. The first-order valence-corrected chi connectivity index (χ1v) is 11.7. The number of amides is 1. The van der Waals surface area contributed by atoms with Crippen LogP contribution in [0.3, 0.4) is 0 Å². The minimum absolute atomic E-state index is 0.0990. The van der Waals surface area contributed by atoms with Gasteiger partial charge in [0, 0.05) is 11.8 Å². The standard InChI is InChI=1S/C24H23F3N2O5S/c1-16-7-4-5-10-20(16)28-23(30)15-29(18-9-6-8-17(13-18)24(25,26)27)35(31,32)19-11-12-21(33-2)22(14-19)34-3/h4-14H,15H2,1-3H3,(H,28,30). The molecule has 7 nitrogen and oxygen atoms in total. The van der Waals surface area contributed by atoms with Gasteiger partial charge in [-0.25, -0.2) is 8.42 Å². The average molecular weight is 509 g/mol. The molecule has 0 aliphatic rings. The Morgan fingerprint density at radius 1 is 0.943 bits per heavy atom. The van der Waals surface area contributed by atoms with Gasteiger partial charge < -0.3 is 14.8 Å². The van der Waals surface area contributed by atoms with Crippen molar-refractivity contribution in [3.05, 3.63) is 77.9 Å². The highest BCUT2D eigenvalue weighted by molar-refractivity contribution is 7.92. The molecule has 0 spiro atoms. The van der Waals surface area contributed by atoms with Gasteiger partial charge in [0.2, 0.25) is 5.91 Å². The first-order chi connectivity index (χ1) is 16.5. The van der Waals surface area contributed by atoms with E-state index < -0.39 is 34.2 Å². The van der Waals surface area contributed by atoms with Gasteiger partial charge in [0.05, 0.1) is 30.4 Å². The van der Waals surface area contributed by atoms with Crippen LogP contribution in [0.4, 0.5) is 24.5 Å². The first kappa shape index (κ1) is 25.9. The normalized spacial score (nSPS) is 11.6. The van der Waals surface area contributed by atoms with Crippen LogP contribution < -0.4 is 19.1 Å². The summed E-state index contributed by atoms with van der Waals surface area (Å²) in [5.41, 5.74) is -0.199. The minimum Gasteiger partial charge on any atom is -0.493 e. The molecule has 1 amide bonds. The fourth-order valence-corrected chi connectivity index (χ4v) is 4.72. The van der Waals surface area contributed by atoms with Gasteiger partial charge in [-0.1, -0.05) is 24.3 Å². The lowest BCUT2D eigenvalue weighted by atomic mass is 10.2. The van der Waals surface area contributed by atoms with Crippen molar-refractivity contribution in [2.24, 2.45) is 0 Å². The van der Waals surface area contributed by atoms with E-state index in [1.807, 2.05) is 0 Å². The molecule has 0 aliphatic carbocycles. The summed E-state index contributed by atoms with van der Waals surface area (Å²) in [5, 5.41) is 2.61. The van der Waals surface area contributed by atoms with Crippen molar-refractivity contribution in [3.63, 3.8) is 0 Å². The van der Waals surface area contributed by atoms with Gasteiger partial charge in [-0.2, -0.15) is 13.2 Å². The number of sulfonamides is 1. The SMILES string of the molecule is COc1ccc(S(=O)(=O)N(CC(=O)Nc2ccccc2C)c2cccc(C(F)(F)F)c2)cc1OC. The lowest BCUT2D eigenvalue weighted by molar-refractivity contribution is -0.137. The molecule has 0 saturated carbocycles. The Balaban J connectivity index is 2.07. The number of aryl methyl sites for hydroxylation is 1. The molecule has 3 rings (SSSR count). The second kappa shape index (κ2) is 10.3. The third kappa shape index (κ3) is 5.86. The van der Waals surface area contributed by atoms with Crippen LogP contribution >= 0.6 is 0 Å². The highest BCUT2D eigenvalue weighted by Crippen LogP contribution is 2.35. The maximum atomic E-state index is 13.6. The minimum atomic E-state index is -4.71. The second-order valence-corrected chi connectivity index (χ2v) is 9.30. The molecule has 11 heteroatoms. The molecule has 186 valence electrons. The van der Waals surface area contributed by atoms with Gasteiger partial charge in [-0.15, -0.1) is 0 Å². The van der Waals surface area contributed by atoms with Gasteiger partial charge in [0.25, 0.3) is 10.0 Å². The fraction of sp³-hybridized carbons (Fsp3) is 0.208. The van der Waals surface area contributed by atoms with E-state index in [0.29, 0.717) is 16.1 Å². The average Bonchev–Trinajstić information content (AvgIpc) is 2.83. The summed E-state index contributed by atoms with van der Waals surface area (Å²) in [7, 11) is -1.82. The van der Waals surface area contributed by atoms with Crippen LogP contribution in [0, 0.1) is 6.92 Å². The van der Waals surface area contributed by atoms with E-state index in [1.165, 1.54) is 38.5 Å². The molecule has 35 heavy (non-hydrogen) atoms. The fourth-order valence-electron chi connectivity index (χ4n) is 3.29. The number of alkyl halides is 3. The summed E-state index contributed by atoms with van der Waals surface area (Å²) in [6.45, 7) is 0.979. The highest BCUT2D eigenvalue weighted by Gasteiger charge is 2.33. The zero-order valence-electron chi connectivity index (χ0n) is 19.1. The van der Waals surface area contributed by atoms with Gasteiger partial charge >= 0.3 is 6.18 Å². The van der Waals surface area contributed by atoms with E-state index in [9.17, 15) is 26.4 Å². The van der Waals surface area contributed by atoms with Crippen molar-refractivity contribution in [1.82, 2.24) is 0 Å². The Morgan fingerprint density at radius 3 is 2.26 bits per heavy atom. The molecule has 3 aromatic rings. The molecule has 0 heterocycles. The van der Waals surface area contributed by atoms with Crippen molar-refractivity contribution in [1.29, 1.82) is 0 Å². The van der Waals surface area contributed by atoms with Gasteiger partial charge in [-0.05, 0) is 48.9 Å². The maximum Gasteiger partial charge on any atom is 0.416 e. The number of halogens is 3. The molecular formula is C24H23F3N2O5S. The molecule has 1 N–H and O–H groups in total. The van der Waals surface area contributed by atoms with Crippen molar-refractivity contribution in [2.75, 3.05) is 30.4 Å². The number of hydrogen-bond acceptors (Lipinski definition) is 5. The van der Waals surface area contributed by atoms with Crippen molar-refractivity contribution < 1.29 is 35.9 Å². The first-order valence-electron chi connectivity index (χ1n) is 10.2. The number of benzene rings is 3. The molecule has 0 atom stereocenters. The molecule has 0 radical (unpaired) electrons. The molecule has 0 fully saturated rings. The number of rotatable bonds is 8. The van der Waals surface area contributed by atoms with Crippen molar-refractivity contribution in [3.8, 4) is 11.5 Å². The summed E-state index contributed by atoms with van der Waals surface area (Å²) in [6.07, 6.45) is -4.71. The summed E-state index contributed by atoms with van der Waals surface area (Å²) in [6, 6.07) is 14.3. The highest BCUT2D eigenvalue weighted by atomic mass is 32.2. The van der Waals surface area contributed by atoms with Crippen LogP contribution in [0.2, 0.25) is 0 Å². The Labute approximate surface area is 201 Å². The third-order valence-corrected chi connectivity index (χ3v) is 6.88. The van der Waals surface area contributed by atoms with E-state index in [-0.39, 0.29) is 22.1 Å². The summed E-state index contributed by atoms with van der Waals surface area (Å²) >= 11 is 0. The number of anilines is 2. The van der Waals surface area contributed by atoms with Crippen molar-refractivity contribution in [2.45, 2.75) is 18.0 Å². The second-order valence-electron chi connectivity index (χ2n) is 7.44. The quantitative estimate of drug-likeness (QED) is 0.470. The molecule has 3 aromatic carbocycles. The topological polar surface area (TPSA) is 84.9 Å². The number of carbonyl (C=O) groups excluding carboxylic acids is 1. The van der Waals surface area contributed by atoms with E-state index in [2.05, 4.69) is 5.32 Å². The predicted octanol–water partition coefficient (Wildman–Crippen LogP) is 4.87. The Bertz CT molecular complexity index is 1330. The number of ether oxygens (including phenoxy) is 2. The molecule has 0 aromatic heterocycles. The van der Waals surface area contributed by atoms with Gasteiger partial charge in [-0.3, -0.25) is 9.10 Å². The summed E-state index contributed by atoms with van der Waals surface area (Å²) in [4.78, 5) is 12.6. The smallest absolute Gasteiger partial charge is 0.416 e. The molecule has 0 saturated heterocycles. The molecular weight excluding hydrogens is 485 g/mol. The van der Waals surface area contributed by atoms with Crippen LogP contribution in [0.25, 0.3) is 0 Å². The number of methoxy groups -OCH3 is 2. The lowest BCUT2D eigenvalue weighted by Gasteiger charge is -2.25.